The van der Waals surface area contributed by atoms with Gasteiger partial charge in [-0.25, -0.2) is 9.97 Å². The van der Waals surface area contributed by atoms with Gasteiger partial charge in [0.1, 0.15) is 11.8 Å². The van der Waals surface area contributed by atoms with Gasteiger partial charge in [-0.3, -0.25) is 14.5 Å². The first kappa shape index (κ1) is 30.9. The van der Waals surface area contributed by atoms with Crippen molar-refractivity contribution >= 4 is 56.0 Å². The molecular formula is C26H15N12NaO2S2. The Bertz CT molecular complexity index is 2100. The van der Waals surface area contributed by atoms with Crippen LogP contribution in [-0.2, 0) is 0 Å². The second-order valence-electron chi connectivity index (χ2n) is 8.17. The summed E-state index contributed by atoms with van der Waals surface area (Å²) in [5.41, 5.74) is 17.4. The number of benzene rings is 2. The fraction of sp³-hybridized carbons (Fsp3) is 0. The van der Waals surface area contributed by atoms with E-state index in [0.29, 0.717) is 32.7 Å². The van der Waals surface area contributed by atoms with Crippen molar-refractivity contribution in [2.45, 2.75) is 0 Å². The molecule has 7 aromatic rings. The van der Waals surface area contributed by atoms with Gasteiger partial charge in [0, 0.05) is 45.0 Å². The summed E-state index contributed by atoms with van der Waals surface area (Å²) in [5.74, 6) is 0.107. The Kier molecular flexibility index (Phi) is 10.3. The van der Waals surface area contributed by atoms with Crippen molar-refractivity contribution in [3.8, 4) is 17.6 Å². The van der Waals surface area contributed by atoms with Crippen LogP contribution in [0.5, 0.6) is 0 Å². The van der Waals surface area contributed by atoms with Gasteiger partial charge in [0.2, 0.25) is 17.4 Å². The smallest absolute Gasteiger partial charge is 0.373 e. The van der Waals surface area contributed by atoms with Crippen molar-refractivity contribution in [3.05, 3.63) is 114 Å². The van der Waals surface area contributed by atoms with E-state index < -0.39 is 0 Å². The second-order valence-corrected chi connectivity index (χ2v) is 9.88. The number of para-hydroxylation sites is 2. The van der Waals surface area contributed by atoms with Crippen molar-refractivity contribution in [1.29, 1.82) is 5.26 Å². The fourth-order valence-electron chi connectivity index (χ4n) is 3.93. The number of carbonyl (C=O) groups excluding carboxylic acids is 2. The van der Waals surface area contributed by atoms with Gasteiger partial charge in [0.05, 0.1) is 11.1 Å². The van der Waals surface area contributed by atoms with E-state index in [1.165, 1.54) is 27.6 Å². The first-order valence-corrected chi connectivity index (χ1v) is 13.5. The summed E-state index contributed by atoms with van der Waals surface area (Å²) in [5, 5.41) is 28.1. The molecule has 0 aliphatic rings. The van der Waals surface area contributed by atoms with Gasteiger partial charge in [-0.2, -0.15) is 10.5 Å². The van der Waals surface area contributed by atoms with Crippen LogP contribution in [0.4, 0.5) is 0 Å². The molecular weight excluding hydrogens is 599 g/mol. The number of nitriles is 1. The zero-order valence-corrected chi connectivity index (χ0v) is 25.7. The SMILES string of the molecule is N#Cc1csc(C(=O)c2c[nH]c3ccccc23)n1.O=C(c1nc(-c2nn[nH]n2)cs1)c1c[nH]c2ccccc12.[N-]=[N+]=[N-].[Na+]. The third-order valence-corrected chi connectivity index (χ3v) is 7.44. The van der Waals surface area contributed by atoms with Crippen LogP contribution in [0, 0.1) is 11.3 Å². The van der Waals surface area contributed by atoms with E-state index in [2.05, 4.69) is 40.6 Å². The van der Waals surface area contributed by atoms with Crippen molar-refractivity contribution < 1.29 is 39.1 Å². The molecule has 204 valence electrons. The topological polar surface area (TPSA) is 228 Å². The Labute approximate surface area is 271 Å². The largest absolute Gasteiger partial charge is 1.00 e. The van der Waals surface area contributed by atoms with Crippen LogP contribution < -0.4 is 29.6 Å². The molecule has 0 amide bonds. The average molecular weight is 615 g/mol. The third-order valence-electron chi connectivity index (χ3n) is 5.75. The molecule has 14 nitrogen and oxygen atoms in total. The van der Waals surface area contributed by atoms with Crippen LogP contribution >= 0.6 is 22.7 Å². The number of carbonyl (C=O) groups is 2. The van der Waals surface area contributed by atoms with Gasteiger partial charge in [0.15, 0.2) is 15.7 Å². The van der Waals surface area contributed by atoms with E-state index in [0.717, 1.165) is 21.8 Å². The molecule has 0 saturated carbocycles. The molecule has 0 spiro atoms. The number of thiazole rings is 2. The standard InChI is InChI=1S/C13H8N6OS.C13H7N3OS.N3.Na/c20-11(8-5-14-9-4-2-1-3-7(8)9)13-15-10(6-21-13)12-16-18-19-17-12;14-5-8-7-18-13(16-8)12(17)10-6-15-11-4-2-1-3-9(10)11;1-3-2;/h1-6,14H,(H,16,17,18,19);1-4,6-7,15H;;/q;;-1;+1. The number of aromatic nitrogens is 8. The maximum atomic E-state index is 12.6. The Morgan fingerprint density at radius 3 is 1.88 bits per heavy atom. The summed E-state index contributed by atoms with van der Waals surface area (Å²) in [4.78, 5) is 40.7. The van der Waals surface area contributed by atoms with Gasteiger partial charge < -0.3 is 21.0 Å². The minimum absolute atomic E-state index is 0. The van der Waals surface area contributed by atoms with E-state index in [1.54, 1.807) is 23.2 Å². The number of nitrogens with one attached hydrogen (secondary N) is 3. The van der Waals surface area contributed by atoms with Crippen LogP contribution in [0.15, 0.2) is 71.7 Å². The number of hydrogen-bond donors (Lipinski definition) is 3. The number of aromatic amines is 3. The average Bonchev–Trinajstić information content (AvgIpc) is 3.86. The Balaban J connectivity index is 0.000000179. The summed E-state index contributed by atoms with van der Waals surface area (Å²) in [6.07, 6.45) is 3.39. The van der Waals surface area contributed by atoms with Crippen LogP contribution in [0.3, 0.4) is 0 Å². The Morgan fingerprint density at radius 2 is 1.37 bits per heavy atom. The molecule has 17 heteroatoms. The number of ketones is 2. The van der Waals surface area contributed by atoms with Crippen LogP contribution in [-0.4, -0.2) is 52.1 Å². The second kappa shape index (κ2) is 14.2. The normalized spacial score (nSPS) is 9.93. The van der Waals surface area contributed by atoms with Crippen LogP contribution in [0.25, 0.3) is 49.3 Å². The molecule has 0 atom stereocenters. The summed E-state index contributed by atoms with van der Waals surface area (Å²) in [7, 11) is 0. The molecule has 0 aliphatic carbocycles. The Hall–Kier alpha value is -5.01. The molecule has 7 rings (SSSR count). The van der Waals surface area contributed by atoms with E-state index in [4.69, 9.17) is 16.3 Å². The molecule has 5 heterocycles. The molecule has 43 heavy (non-hydrogen) atoms. The van der Waals surface area contributed by atoms with Gasteiger partial charge in [0.25, 0.3) is 0 Å². The third kappa shape index (κ3) is 6.74. The predicted octanol–water partition coefficient (Wildman–Crippen LogP) is 2.63. The quantitative estimate of drug-likeness (QED) is 0.0856. The van der Waals surface area contributed by atoms with Crippen LogP contribution in [0.1, 0.15) is 36.4 Å². The maximum absolute atomic E-state index is 12.6. The number of H-pyrrole nitrogens is 3. The van der Waals surface area contributed by atoms with Crippen molar-refractivity contribution in [3.63, 3.8) is 0 Å². The number of nitrogens with zero attached hydrogens (tertiary/aromatic N) is 9. The summed E-state index contributed by atoms with van der Waals surface area (Å²) in [6.45, 7) is 0. The van der Waals surface area contributed by atoms with Crippen molar-refractivity contribution in [2.75, 3.05) is 0 Å². The zero-order chi connectivity index (χ0) is 29.5. The molecule has 0 fully saturated rings. The van der Waals surface area contributed by atoms with Crippen molar-refractivity contribution in [2.24, 2.45) is 0 Å². The monoisotopic (exact) mass is 614 g/mol. The van der Waals surface area contributed by atoms with E-state index in [1.807, 2.05) is 54.6 Å². The minimum atomic E-state index is -0.154. The molecule has 0 unspecified atom stereocenters. The molecule has 0 saturated heterocycles. The summed E-state index contributed by atoms with van der Waals surface area (Å²) in [6, 6.07) is 17.2. The molecule has 0 radical (unpaired) electrons. The number of tetrazole rings is 1. The number of fused-ring (bicyclic) bond motifs is 2. The first-order chi connectivity index (χ1) is 20.5. The fourth-order valence-corrected chi connectivity index (χ4v) is 5.38. The van der Waals surface area contributed by atoms with Gasteiger partial charge in [-0.15, -0.1) is 32.9 Å². The van der Waals surface area contributed by atoms with Gasteiger partial charge in [-0.1, -0.05) is 36.4 Å². The van der Waals surface area contributed by atoms with E-state index in [9.17, 15) is 9.59 Å². The number of rotatable bonds is 5. The number of hydrogen-bond acceptors (Lipinski definition) is 10. The zero-order valence-electron chi connectivity index (χ0n) is 22.1. The molecule has 0 aliphatic heterocycles. The van der Waals surface area contributed by atoms with E-state index in [-0.39, 0.29) is 46.8 Å². The molecule has 3 N–H and O–H groups in total. The van der Waals surface area contributed by atoms with Crippen molar-refractivity contribution in [1.82, 2.24) is 40.6 Å². The van der Waals surface area contributed by atoms with Crippen LogP contribution in [0.2, 0.25) is 0 Å². The predicted molar refractivity (Wildman–Crippen MR) is 156 cm³/mol. The van der Waals surface area contributed by atoms with E-state index >= 15 is 0 Å². The minimum Gasteiger partial charge on any atom is -0.373 e. The first-order valence-electron chi connectivity index (χ1n) is 11.8. The Morgan fingerprint density at radius 1 is 0.837 bits per heavy atom. The van der Waals surface area contributed by atoms with Gasteiger partial charge >= 0.3 is 29.6 Å². The molecule has 0 bridgehead atoms. The summed E-state index contributed by atoms with van der Waals surface area (Å²) >= 11 is 2.46. The summed E-state index contributed by atoms with van der Waals surface area (Å²) < 4.78 is 0. The maximum Gasteiger partial charge on any atom is 1.00 e. The molecule has 2 aromatic carbocycles. The molecule has 5 aromatic heterocycles. The van der Waals surface area contributed by atoms with Gasteiger partial charge in [-0.05, 0) is 17.3 Å².